The van der Waals surface area contributed by atoms with Crippen molar-refractivity contribution in [2.75, 3.05) is 7.05 Å². The lowest BCUT2D eigenvalue weighted by Gasteiger charge is -2.15. The maximum atomic E-state index is 12.1. The summed E-state index contributed by atoms with van der Waals surface area (Å²) >= 11 is 0. The van der Waals surface area contributed by atoms with Crippen molar-refractivity contribution in [2.24, 2.45) is 0 Å². The van der Waals surface area contributed by atoms with Crippen molar-refractivity contribution in [1.82, 2.24) is 10.1 Å². The van der Waals surface area contributed by atoms with Crippen LogP contribution in [0.5, 0.6) is 0 Å². The molecule has 0 unspecified atom stereocenters. The molecule has 0 N–H and O–H groups in total. The largest absolute Gasteiger partial charge is 0.361 e. The van der Waals surface area contributed by atoms with Crippen molar-refractivity contribution >= 4 is 11.7 Å². The molecule has 0 aliphatic rings. The molecule has 2 aromatic rings. The minimum absolute atomic E-state index is 0.0148. The van der Waals surface area contributed by atoms with E-state index < -0.39 is 0 Å². The summed E-state index contributed by atoms with van der Waals surface area (Å²) < 4.78 is 4.97. The minimum atomic E-state index is -0.0823. The van der Waals surface area contributed by atoms with Crippen LogP contribution < -0.4 is 0 Å². The molecule has 2 rings (SSSR count). The topological polar surface area (TPSA) is 63.4 Å². The molecule has 1 heterocycles. The first-order valence-corrected chi connectivity index (χ1v) is 7.21. The number of nitrogens with zero attached hydrogens (tertiary/aromatic N) is 2. The fraction of sp³-hybridized carbons (Fsp3) is 0.353. The van der Waals surface area contributed by atoms with Gasteiger partial charge in [0.1, 0.15) is 11.5 Å². The highest BCUT2D eigenvalue weighted by Gasteiger charge is 2.14. The van der Waals surface area contributed by atoms with Gasteiger partial charge in [-0.2, -0.15) is 0 Å². The molecule has 0 saturated heterocycles. The van der Waals surface area contributed by atoms with Crippen LogP contribution in [0.15, 0.2) is 34.9 Å². The highest BCUT2D eigenvalue weighted by atomic mass is 16.5. The van der Waals surface area contributed by atoms with Crippen LogP contribution in [0.2, 0.25) is 0 Å². The van der Waals surface area contributed by atoms with Gasteiger partial charge in [-0.25, -0.2) is 0 Å². The second-order valence-corrected chi connectivity index (χ2v) is 5.47. The Morgan fingerprint density at radius 2 is 1.82 bits per heavy atom. The van der Waals surface area contributed by atoms with Crippen LogP contribution in [0, 0.1) is 13.8 Å². The van der Waals surface area contributed by atoms with E-state index in [0.717, 1.165) is 5.56 Å². The molecule has 0 aliphatic carbocycles. The number of ketones is 1. The number of aryl methyl sites for hydroxylation is 2. The molecule has 5 heteroatoms. The molecule has 22 heavy (non-hydrogen) atoms. The molecule has 1 amide bonds. The number of benzene rings is 1. The normalized spacial score (nSPS) is 10.5. The first-order chi connectivity index (χ1) is 10.5. The number of carbonyl (C=O) groups is 2. The average Bonchev–Trinajstić information content (AvgIpc) is 2.90. The van der Waals surface area contributed by atoms with Gasteiger partial charge in [-0.15, -0.1) is 0 Å². The van der Waals surface area contributed by atoms with Crippen molar-refractivity contribution in [3.8, 4) is 0 Å². The molecule has 0 radical (unpaired) electrons. The summed E-state index contributed by atoms with van der Waals surface area (Å²) in [5.41, 5.74) is 2.46. The van der Waals surface area contributed by atoms with E-state index in [9.17, 15) is 9.59 Å². The van der Waals surface area contributed by atoms with E-state index in [1.54, 1.807) is 37.1 Å². The van der Waals surface area contributed by atoms with Crippen LogP contribution in [0.1, 0.15) is 40.2 Å². The molecule has 0 fully saturated rings. The highest BCUT2D eigenvalue weighted by Crippen LogP contribution is 2.10. The maximum absolute atomic E-state index is 12.1. The molecular weight excluding hydrogens is 280 g/mol. The fourth-order valence-corrected chi connectivity index (χ4v) is 2.12. The third kappa shape index (κ3) is 4.28. The maximum Gasteiger partial charge on any atom is 0.223 e. The van der Waals surface area contributed by atoms with Crippen LogP contribution in [0.4, 0.5) is 0 Å². The van der Waals surface area contributed by atoms with E-state index in [4.69, 9.17) is 4.52 Å². The molecule has 0 saturated carbocycles. The number of carbonyl (C=O) groups excluding carboxylic acids is 2. The number of rotatable bonds is 6. The lowest BCUT2D eigenvalue weighted by molar-refractivity contribution is -0.130. The van der Waals surface area contributed by atoms with Gasteiger partial charge in [0.15, 0.2) is 5.78 Å². The van der Waals surface area contributed by atoms with Crippen molar-refractivity contribution < 1.29 is 14.1 Å². The Morgan fingerprint density at radius 3 is 2.41 bits per heavy atom. The number of Topliss-reactive ketones (excluding diaryl/α,β-unsaturated/α-hetero) is 1. The van der Waals surface area contributed by atoms with Crippen molar-refractivity contribution in [3.63, 3.8) is 0 Å². The Labute approximate surface area is 129 Å². The van der Waals surface area contributed by atoms with E-state index in [-0.39, 0.29) is 24.5 Å². The highest BCUT2D eigenvalue weighted by molar-refractivity contribution is 5.97. The van der Waals surface area contributed by atoms with E-state index in [1.807, 2.05) is 19.1 Å². The first-order valence-electron chi connectivity index (χ1n) is 7.21. The standard InChI is InChI=1S/C17H20N2O3/c1-12-4-6-14(7-5-12)16(20)8-9-17(21)19(3)11-15-10-13(2)22-18-15/h4-7,10H,8-9,11H2,1-3H3. The lowest BCUT2D eigenvalue weighted by atomic mass is 10.0. The van der Waals surface area contributed by atoms with Gasteiger partial charge >= 0.3 is 0 Å². The van der Waals surface area contributed by atoms with E-state index >= 15 is 0 Å². The molecular formula is C17H20N2O3. The van der Waals surface area contributed by atoms with Crippen molar-refractivity contribution in [1.29, 1.82) is 0 Å². The third-order valence-electron chi connectivity index (χ3n) is 3.44. The Bertz CT molecular complexity index is 659. The van der Waals surface area contributed by atoms with Gasteiger partial charge in [0.2, 0.25) is 5.91 Å². The fourth-order valence-electron chi connectivity index (χ4n) is 2.12. The summed E-state index contributed by atoms with van der Waals surface area (Å²) in [7, 11) is 1.70. The number of hydrogen-bond donors (Lipinski definition) is 0. The van der Waals surface area contributed by atoms with Crippen molar-refractivity contribution in [2.45, 2.75) is 33.2 Å². The summed E-state index contributed by atoms with van der Waals surface area (Å²) in [6.07, 6.45) is 0.407. The third-order valence-corrected chi connectivity index (χ3v) is 3.44. The predicted octanol–water partition coefficient (Wildman–Crippen LogP) is 2.91. The van der Waals surface area contributed by atoms with E-state index in [0.29, 0.717) is 23.6 Å². The van der Waals surface area contributed by atoms with E-state index in [2.05, 4.69) is 5.16 Å². The molecule has 0 aliphatic heterocycles. The smallest absolute Gasteiger partial charge is 0.223 e. The van der Waals surface area contributed by atoms with Gasteiger partial charge in [-0.05, 0) is 13.8 Å². The van der Waals surface area contributed by atoms with Crippen LogP contribution in [-0.2, 0) is 11.3 Å². The average molecular weight is 300 g/mol. The van der Waals surface area contributed by atoms with Gasteiger partial charge in [0.05, 0.1) is 6.54 Å². The molecule has 1 aromatic carbocycles. The summed E-state index contributed by atoms with van der Waals surface area (Å²) in [5.74, 6) is 0.616. The Balaban J connectivity index is 1.83. The van der Waals surface area contributed by atoms with E-state index in [1.165, 1.54) is 0 Å². The summed E-state index contributed by atoms with van der Waals surface area (Å²) in [6, 6.07) is 9.18. The summed E-state index contributed by atoms with van der Waals surface area (Å²) in [5, 5.41) is 3.85. The molecule has 0 bridgehead atoms. The number of hydrogen-bond acceptors (Lipinski definition) is 4. The zero-order valence-corrected chi connectivity index (χ0v) is 13.1. The second kappa shape index (κ2) is 7.02. The predicted molar refractivity (Wildman–Crippen MR) is 82.5 cm³/mol. The number of amides is 1. The monoisotopic (exact) mass is 300 g/mol. The van der Waals surface area contributed by atoms with Crippen molar-refractivity contribution in [3.05, 3.63) is 52.9 Å². The van der Waals surface area contributed by atoms with Gasteiger partial charge in [-0.3, -0.25) is 9.59 Å². The molecule has 1 aromatic heterocycles. The van der Waals surface area contributed by atoms with Gasteiger partial charge in [-0.1, -0.05) is 35.0 Å². The number of aromatic nitrogens is 1. The van der Waals surface area contributed by atoms with Gasteiger partial charge < -0.3 is 9.42 Å². The zero-order chi connectivity index (χ0) is 16.1. The molecule has 0 atom stereocenters. The first kappa shape index (κ1) is 15.9. The van der Waals surface area contributed by atoms with Crippen LogP contribution >= 0.6 is 0 Å². The van der Waals surface area contributed by atoms with Crippen LogP contribution in [0.3, 0.4) is 0 Å². The summed E-state index contributed by atoms with van der Waals surface area (Å²) in [4.78, 5) is 25.7. The Morgan fingerprint density at radius 1 is 1.14 bits per heavy atom. The second-order valence-electron chi connectivity index (χ2n) is 5.47. The lowest BCUT2D eigenvalue weighted by Crippen LogP contribution is -2.26. The Kier molecular flexibility index (Phi) is 5.09. The molecule has 116 valence electrons. The van der Waals surface area contributed by atoms with Gasteiger partial charge in [0.25, 0.3) is 0 Å². The quantitative estimate of drug-likeness (QED) is 0.769. The molecule has 5 nitrogen and oxygen atoms in total. The summed E-state index contributed by atoms with van der Waals surface area (Å²) in [6.45, 7) is 4.16. The Hall–Kier alpha value is -2.43. The van der Waals surface area contributed by atoms with Gasteiger partial charge in [0, 0.05) is 31.5 Å². The molecule has 0 spiro atoms. The minimum Gasteiger partial charge on any atom is -0.361 e. The van der Waals surface area contributed by atoms with Crippen LogP contribution in [0.25, 0.3) is 0 Å². The SMILES string of the molecule is Cc1ccc(C(=O)CCC(=O)N(C)Cc2cc(C)on2)cc1. The zero-order valence-electron chi connectivity index (χ0n) is 13.1. The van der Waals surface area contributed by atoms with Crippen LogP contribution in [-0.4, -0.2) is 28.8 Å².